The normalized spacial score (nSPS) is 16.4. The topological polar surface area (TPSA) is 67.4 Å². The Labute approximate surface area is 163 Å². The second-order valence-electron chi connectivity index (χ2n) is 5.95. The van der Waals surface area contributed by atoms with Crippen molar-refractivity contribution < 1.29 is 27.5 Å². The lowest BCUT2D eigenvalue weighted by atomic mass is 9.86. The van der Waals surface area contributed by atoms with Gasteiger partial charge in [0.2, 0.25) is 5.91 Å². The van der Waals surface area contributed by atoms with Crippen LogP contribution in [0.5, 0.6) is 5.75 Å². The lowest BCUT2D eigenvalue weighted by Gasteiger charge is -2.24. The number of ether oxygens (including phenoxy) is 1. The molecule has 1 aliphatic heterocycles. The highest BCUT2D eigenvalue weighted by Crippen LogP contribution is 2.34. The van der Waals surface area contributed by atoms with Crippen LogP contribution < -0.4 is 15.4 Å². The highest BCUT2D eigenvalue weighted by molar-refractivity contribution is 6.31. The molecule has 1 heterocycles. The number of carbonyl (C=O) groups excluding carboxylic acids is 2. The van der Waals surface area contributed by atoms with Crippen molar-refractivity contribution in [2.24, 2.45) is 0 Å². The molecule has 9 heteroatoms. The van der Waals surface area contributed by atoms with E-state index in [1.807, 2.05) is 0 Å². The van der Waals surface area contributed by atoms with Crippen LogP contribution in [0.25, 0.3) is 0 Å². The van der Waals surface area contributed by atoms with Crippen molar-refractivity contribution in [3.63, 3.8) is 0 Å². The van der Waals surface area contributed by atoms with Gasteiger partial charge in [-0.15, -0.1) is 0 Å². The van der Waals surface area contributed by atoms with Crippen LogP contribution in [0.2, 0.25) is 5.02 Å². The molecule has 1 aliphatic rings. The second-order valence-corrected chi connectivity index (χ2v) is 6.39. The van der Waals surface area contributed by atoms with Gasteiger partial charge in [0.05, 0.1) is 5.69 Å². The van der Waals surface area contributed by atoms with Gasteiger partial charge >= 0.3 is 6.61 Å². The standard InChI is InChI=1S/C19H14ClF3N2O3/c20-11-4-5-16(28-19(22)23)15(7-11)25-18(27)14-9-24-17(26)8-13(14)10-2-1-3-12(21)6-10/h1-7,9,13,19H,8H2,(H,24,26)(H,25,27). The van der Waals surface area contributed by atoms with Crippen LogP contribution in [-0.2, 0) is 9.59 Å². The fourth-order valence-corrected chi connectivity index (χ4v) is 3.02. The number of benzene rings is 2. The van der Waals surface area contributed by atoms with E-state index < -0.39 is 24.3 Å². The maximum Gasteiger partial charge on any atom is 0.387 e. The van der Waals surface area contributed by atoms with E-state index in [0.29, 0.717) is 5.56 Å². The number of halogens is 4. The van der Waals surface area contributed by atoms with E-state index in [9.17, 15) is 22.8 Å². The first kappa shape index (κ1) is 19.8. The highest BCUT2D eigenvalue weighted by Gasteiger charge is 2.29. The van der Waals surface area contributed by atoms with Gasteiger partial charge in [-0.2, -0.15) is 8.78 Å². The molecule has 0 aromatic heterocycles. The number of alkyl halides is 2. The average molecular weight is 411 g/mol. The summed E-state index contributed by atoms with van der Waals surface area (Å²) in [5, 5.41) is 5.10. The molecule has 0 fully saturated rings. The maximum absolute atomic E-state index is 13.6. The molecule has 1 unspecified atom stereocenters. The summed E-state index contributed by atoms with van der Waals surface area (Å²) in [6.07, 6.45) is 1.15. The van der Waals surface area contributed by atoms with Crippen LogP contribution in [-0.4, -0.2) is 18.4 Å². The molecular formula is C19H14ClF3N2O3. The van der Waals surface area contributed by atoms with Gasteiger partial charge in [0.15, 0.2) is 0 Å². The third kappa shape index (κ3) is 4.64. The largest absolute Gasteiger partial charge is 0.433 e. The molecular weight excluding hydrogens is 397 g/mol. The van der Waals surface area contributed by atoms with E-state index in [-0.39, 0.29) is 34.4 Å². The summed E-state index contributed by atoms with van der Waals surface area (Å²) < 4.78 is 43.2. The predicted octanol–water partition coefficient (Wildman–Crippen LogP) is 4.21. The van der Waals surface area contributed by atoms with Crippen molar-refractivity contribution in [2.75, 3.05) is 5.32 Å². The number of amides is 2. The van der Waals surface area contributed by atoms with E-state index in [1.165, 1.54) is 42.6 Å². The van der Waals surface area contributed by atoms with Gasteiger partial charge in [-0.1, -0.05) is 23.7 Å². The van der Waals surface area contributed by atoms with Gasteiger partial charge in [-0.05, 0) is 35.9 Å². The van der Waals surface area contributed by atoms with Crippen LogP contribution in [0.15, 0.2) is 54.2 Å². The fraction of sp³-hybridized carbons (Fsp3) is 0.158. The van der Waals surface area contributed by atoms with Crippen molar-refractivity contribution in [2.45, 2.75) is 19.0 Å². The van der Waals surface area contributed by atoms with Crippen LogP contribution in [0.3, 0.4) is 0 Å². The minimum atomic E-state index is -3.09. The average Bonchev–Trinajstić information content (AvgIpc) is 2.63. The first-order chi connectivity index (χ1) is 13.3. The summed E-state index contributed by atoms with van der Waals surface area (Å²) in [5.74, 6) is -2.49. The second kappa shape index (κ2) is 8.35. The minimum Gasteiger partial charge on any atom is -0.433 e. The SMILES string of the molecule is O=C1CC(c2cccc(F)c2)C(C(=O)Nc2cc(Cl)ccc2OC(F)F)=CN1. The zero-order valence-electron chi connectivity index (χ0n) is 14.2. The monoisotopic (exact) mass is 410 g/mol. The van der Waals surface area contributed by atoms with Gasteiger partial charge in [0.25, 0.3) is 5.91 Å². The molecule has 1 atom stereocenters. The summed E-state index contributed by atoms with van der Waals surface area (Å²) in [5.41, 5.74) is 0.508. The Morgan fingerprint density at radius 2 is 2.04 bits per heavy atom. The molecule has 2 aromatic rings. The van der Waals surface area contributed by atoms with Crippen molar-refractivity contribution in [1.29, 1.82) is 0 Å². The van der Waals surface area contributed by atoms with E-state index in [1.54, 1.807) is 6.07 Å². The van der Waals surface area contributed by atoms with E-state index in [2.05, 4.69) is 15.4 Å². The number of rotatable bonds is 5. The third-order valence-electron chi connectivity index (χ3n) is 4.07. The van der Waals surface area contributed by atoms with E-state index in [0.717, 1.165) is 0 Å². The lowest BCUT2D eigenvalue weighted by molar-refractivity contribution is -0.121. The van der Waals surface area contributed by atoms with Gasteiger partial charge in [-0.25, -0.2) is 4.39 Å². The molecule has 0 bridgehead atoms. The van der Waals surface area contributed by atoms with Crippen molar-refractivity contribution in [3.05, 3.63) is 70.6 Å². The first-order valence-electron chi connectivity index (χ1n) is 8.14. The molecule has 0 aliphatic carbocycles. The smallest absolute Gasteiger partial charge is 0.387 e. The van der Waals surface area contributed by atoms with Crippen molar-refractivity contribution in [3.8, 4) is 5.75 Å². The molecule has 0 spiro atoms. The zero-order valence-corrected chi connectivity index (χ0v) is 15.0. The summed E-state index contributed by atoms with van der Waals surface area (Å²) in [7, 11) is 0. The first-order valence-corrected chi connectivity index (χ1v) is 8.52. The number of hydrogen-bond acceptors (Lipinski definition) is 3. The van der Waals surface area contributed by atoms with Crippen LogP contribution in [0, 0.1) is 5.82 Å². The Balaban J connectivity index is 1.90. The van der Waals surface area contributed by atoms with Gasteiger partial charge < -0.3 is 15.4 Å². The fourth-order valence-electron chi connectivity index (χ4n) is 2.85. The number of hydrogen-bond donors (Lipinski definition) is 2. The molecule has 0 saturated carbocycles. The van der Waals surface area contributed by atoms with Crippen LogP contribution in [0.4, 0.5) is 18.9 Å². The summed E-state index contributed by atoms with van der Waals surface area (Å²) in [6, 6.07) is 9.34. The number of anilines is 1. The molecule has 0 radical (unpaired) electrons. The lowest BCUT2D eigenvalue weighted by Crippen LogP contribution is -2.32. The Bertz CT molecular complexity index is 950. The third-order valence-corrected chi connectivity index (χ3v) is 4.31. The Morgan fingerprint density at radius 3 is 2.75 bits per heavy atom. The molecule has 5 nitrogen and oxygen atoms in total. The molecule has 2 amide bonds. The molecule has 28 heavy (non-hydrogen) atoms. The summed E-state index contributed by atoms with van der Waals surface area (Å²) in [6.45, 7) is -3.09. The predicted molar refractivity (Wildman–Crippen MR) is 96.7 cm³/mol. The molecule has 146 valence electrons. The van der Waals surface area contributed by atoms with Crippen LogP contribution >= 0.6 is 11.6 Å². The van der Waals surface area contributed by atoms with E-state index in [4.69, 9.17) is 11.6 Å². The number of nitrogens with one attached hydrogen (secondary N) is 2. The minimum absolute atomic E-state index is 0.0615. The van der Waals surface area contributed by atoms with E-state index >= 15 is 0 Å². The molecule has 3 rings (SSSR count). The number of carbonyl (C=O) groups is 2. The highest BCUT2D eigenvalue weighted by atomic mass is 35.5. The Kier molecular flexibility index (Phi) is 5.89. The Morgan fingerprint density at radius 1 is 1.25 bits per heavy atom. The maximum atomic E-state index is 13.6. The van der Waals surface area contributed by atoms with Crippen molar-refractivity contribution in [1.82, 2.24) is 5.32 Å². The van der Waals surface area contributed by atoms with Gasteiger partial charge in [0.1, 0.15) is 11.6 Å². The molecule has 0 saturated heterocycles. The molecule has 2 aromatic carbocycles. The zero-order chi connectivity index (χ0) is 20.3. The van der Waals surface area contributed by atoms with Crippen LogP contribution in [0.1, 0.15) is 17.9 Å². The summed E-state index contributed by atoms with van der Waals surface area (Å²) in [4.78, 5) is 24.6. The molecule has 2 N–H and O–H groups in total. The summed E-state index contributed by atoms with van der Waals surface area (Å²) >= 11 is 5.88. The Hall–Kier alpha value is -3.00. The van der Waals surface area contributed by atoms with Gasteiger partial charge in [0, 0.05) is 29.1 Å². The van der Waals surface area contributed by atoms with Crippen molar-refractivity contribution >= 4 is 29.1 Å². The van der Waals surface area contributed by atoms with Gasteiger partial charge in [-0.3, -0.25) is 9.59 Å². The quantitative estimate of drug-likeness (QED) is 0.776.